The minimum absolute atomic E-state index is 0.0352. The fraction of sp³-hybridized carbons (Fsp3) is 0.515. The first-order chi connectivity index (χ1) is 20.0. The Kier molecular flexibility index (Phi) is 9.59. The van der Waals surface area contributed by atoms with Gasteiger partial charge in [0.15, 0.2) is 0 Å². The molecule has 2 aliphatic rings. The van der Waals surface area contributed by atoms with Gasteiger partial charge < -0.3 is 19.7 Å². The van der Waals surface area contributed by atoms with Gasteiger partial charge in [0.1, 0.15) is 17.2 Å². The van der Waals surface area contributed by atoms with Crippen molar-refractivity contribution in [3.63, 3.8) is 0 Å². The number of carbonyl (C=O) groups is 4. The number of fused-ring (bicyclic) bond motifs is 2. The highest BCUT2D eigenvalue weighted by Crippen LogP contribution is 2.43. The number of hydrogen-bond acceptors (Lipinski definition) is 6. The Hall–Kier alpha value is -3.88. The number of ether oxygens (including phenoxy) is 2. The summed E-state index contributed by atoms with van der Waals surface area (Å²) >= 11 is 0. The Morgan fingerprint density at radius 3 is 2.38 bits per heavy atom. The molecule has 2 unspecified atom stereocenters. The van der Waals surface area contributed by atoms with Gasteiger partial charge in [0.2, 0.25) is 5.91 Å². The maximum absolute atomic E-state index is 14.3. The van der Waals surface area contributed by atoms with Crippen molar-refractivity contribution in [1.82, 2.24) is 10.2 Å². The van der Waals surface area contributed by atoms with Crippen LogP contribution in [0.1, 0.15) is 83.4 Å². The lowest BCUT2D eigenvalue weighted by Gasteiger charge is -2.39. The van der Waals surface area contributed by atoms with Gasteiger partial charge in [-0.2, -0.15) is 0 Å². The summed E-state index contributed by atoms with van der Waals surface area (Å²) in [6.07, 6.45) is 2.42. The largest absolute Gasteiger partial charge is 0.466 e. The maximum Gasteiger partial charge on any atom is 0.411 e. The van der Waals surface area contributed by atoms with Gasteiger partial charge in [0.05, 0.1) is 13.2 Å². The van der Waals surface area contributed by atoms with Crippen molar-refractivity contribution in [3.05, 3.63) is 65.2 Å². The van der Waals surface area contributed by atoms with E-state index in [0.717, 1.165) is 36.1 Å². The van der Waals surface area contributed by atoms with Gasteiger partial charge in [0, 0.05) is 30.6 Å². The Bertz CT molecular complexity index is 1320. The first-order valence-electron chi connectivity index (χ1n) is 15.0. The average molecular weight is 578 g/mol. The third-order valence-corrected chi connectivity index (χ3v) is 7.78. The van der Waals surface area contributed by atoms with E-state index in [2.05, 4.69) is 12.2 Å². The third-order valence-electron chi connectivity index (χ3n) is 7.78. The Balaban J connectivity index is 1.72. The molecule has 1 N–H and O–H groups in total. The minimum atomic E-state index is -1.48. The van der Waals surface area contributed by atoms with Gasteiger partial charge in [-0.15, -0.1) is 0 Å². The molecule has 3 amide bonds. The summed E-state index contributed by atoms with van der Waals surface area (Å²) in [7, 11) is 0. The van der Waals surface area contributed by atoms with Crippen LogP contribution in [0.2, 0.25) is 0 Å². The zero-order valence-electron chi connectivity index (χ0n) is 25.4. The van der Waals surface area contributed by atoms with Crippen LogP contribution in [0.4, 0.5) is 10.5 Å². The number of amides is 3. The molecule has 42 heavy (non-hydrogen) atoms. The van der Waals surface area contributed by atoms with E-state index in [4.69, 9.17) is 9.47 Å². The van der Waals surface area contributed by atoms with Crippen molar-refractivity contribution < 1.29 is 28.7 Å². The number of benzene rings is 2. The summed E-state index contributed by atoms with van der Waals surface area (Å²) < 4.78 is 10.9. The maximum atomic E-state index is 14.3. The number of para-hydroxylation sites is 1. The van der Waals surface area contributed by atoms with Crippen LogP contribution < -0.4 is 10.2 Å². The summed E-state index contributed by atoms with van der Waals surface area (Å²) in [6, 6.07) is 14.2. The number of hydrogen-bond donors (Lipinski definition) is 1. The number of rotatable bonds is 10. The lowest BCUT2D eigenvalue weighted by molar-refractivity contribution is -0.144. The smallest absolute Gasteiger partial charge is 0.411 e. The van der Waals surface area contributed by atoms with E-state index < -0.39 is 35.2 Å². The number of nitrogens with one attached hydrogen (secondary N) is 1. The highest BCUT2D eigenvalue weighted by Gasteiger charge is 2.53. The number of esters is 1. The van der Waals surface area contributed by atoms with Gasteiger partial charge in [-0.25, -0.2) is 4.79 Å². The molecule has 0 spiro atoms. The zero-order chi connectivity index (χ0) is 30.5. The molecule has 2 aromatic rings. The molecular formula is C33H43N3O6. The Labute approximate surface area is 248 Å². The van der Waals surface area contributed by atoms with Gasteiger partial charge in [-0.1, -0.05) is 62.2 Å². The van der Waals surface area contributed by atoms with Crippen molar-refractivity contribution in [2.75, 3.05) is 18.1 Å². The zero-order valence-corrected chi connectivity index (χ0v) is 25.4. The van der Waals surface area contributed by atoms with Crippen LogP contribution in [-0.4, -0.2) is 53.6 Å². The molecular weight excluding hydrogens is 534 g/mol. The molecule has 2 aliphatic heterocycles. The van der Waals surface area contributed by atoms with E-state index in [1.807, 2.05) is 48.5 Å². The molecule has 2 heterocycles. The van der Waals surface area contributed by atoms with Gasteiger partial charge in [0.25, 0.3) is 5.91 Å². The van der Waals surface area contributed by atoms with Crippen LogP contribution in [0.25, 0.3) is 0 Å². The van der Waals surface area contributed by atoms with E-state index >= 15 is 0 Å². The second-order valence-electron chi connectivity index (χ2n) is 12.0. The fourth-order valence-electron chi connectivity index (χ4n) is 5.78. The summed E-state index contributed by atoms with van der Waals surface area (Å²) in [6.45, 7) is 10.1. The normalized spacial score (nSPS) is 19.6. The molecule has 0 bridgehead atoms. The predicted molar refractivity (Wildman–Crippen MR) is 160 cm³/mol. The first-order valence-corrected chi connectivity index (χ1v) is 15.0. The molecule has 0 aliphatic carbocycles. The molecule has 0 fully saturated rings. The number of nitrogens with zero attached hydrogens (tertiary/aromatic N) is 2. The Morgan fingerprint density at radius 1 is 1.00 bits per heavy atom. The lowest BCUT2D eigenvalue weighted by atomic mass is 9.85. The molecule has 2 atom stereocenters. The van der Waals surface area contributed by atoms with Crippen molar-refractivity contribution in [3.8, 4) is 0 Å². The number of unbranched alkanes of at least 4 members (excludes halogenated alkanes) is 2. The SMILES string of the molecule is CCCCCN1C(=O)C(CCC(=O)OCC)(NC(=O)C2Cc3ccccc3CN2C(=O)OC(C)(C)C)c2ccccc21. The molecule has 0 radical (unpaired) electrons. The molecule has 9 nitrogen and oxygen atoms in total. The monoisotopic (exact) mass is 577 g/mol. The van der Waals surface area contributed by atoms with Crippen LogP contribution in [0.3, 0.4) is 0 Å². The quantitative estimate of drug-likeness (QED) is 0.306. The second kappa shape index (κ2) is 13.0. The highest BCUT2D eigenvalue weighted by molar-refractivity contribution is 6.10. The van der Waals surface area contributed by atoms with Crippen molar-refractivity contribution in [2.45, 2.75) is 96.9 Å². The molecule has 0 saturated heterocycles. The van der Waals surface area contributed by atoms with Gasteiger partial charge in [-0.3, -0.25) is 19.3 Å². The van der Waals surface area contributed by atoms with E-state index in [1.165, 1.54) is 4.90 Å². The van der Waals surface area contributed by atoms with Crippen molar-refractivity contribution in [1.29, 1.82) is 0 Å². The summed E-state index contributed by atoms with van der Waals surface area (Å²) in [5.41, 5.74) is 1.02. The van der Waals surface area contributed by atoms with Gasteiger partial charge >= 0.3 is 12.1 Å². The van der Waals surface area contributed by atoms with E-state index in [1.54, 1.807) is 32.6 Å². The molecule has 4 rings (SSSR count). The first kappa shape index (κ1) is 31.1. The Morgan fingerprint density at radius 2 is 1.69 bits per heavy atom. The standard InChI is InChI=1S/C33H43N3O6/c1-6-8-13-20-35-26-17-12-11-16-25(26)33(30(35)39,19-18-28(37)41-7-2)34-29(38)27-21-23-14-9-10-15-24(23)22-36(27)31(40)42-32(3,4)5/h9-12,14-17,27H,6-8,13,18-22H2,1-5H3,(H,34,38). The second-order valence-corrected chi connectivity index (χ2v) is 12.0. The van der Waals surface area contributed by atoms with Crippen molar-refractivity contribution in [2.24, 2.45) is 0 Å². The molecule has 9 heteroatoms. The number of carbonyl (C=O) groups excluding carboxylic acids is 4. The van der Waals surface area contributed by atoms with Crippen molar-refractivity contribution >= 4 is 29.6 Å². The average Bonchev–Trinajstić information content (AvgIpc) is 3.17. The van der Waals surface area contributed by atoms with Crippen LogP contribution in [0.5, 0.6) is 0 Å². The summed E-state index contributed by atoms with van der Waals surface area (Å²) in [5.74, 6) is -1.20. The number of anilines is 1. The highest BCUT2D eigenvalue weighted by atomic mass is 16.6. The topological polar surface area (TPSA) is 105 Å². The molecule has 0 saturated carbocycles. The van der Waals surface area contributed by atoms with Gasteiger partial charge in [-0.05, 0) is 57.7 Å². The van der Waals surface area contributed by atoms with Crippen LogP contribution in [0.15, 0.2) is 48.5 Å². The molecule has 0 aromatic heterocycles. The summed E-state index contributed by atoms with van der Waals surface area (Å²) in [5, 5.41) is 3.08. The third kappa shape index (κ3) is 6.61. The van der Waals surface area contributed by atoms with Crippen LogP contribution in [-0.2, 0) is 42.4 Å². The van der Waals surface area contributed by atoms with Crippen LogP contribution in [0, 0.1) is 0 Å². The van der Waals surface area contributed by atoms with E-state index in [-0.39, 0.29) is 38.3 Å². The minimum Gasteiger partial charge on any atom is -0.466 e. The fourth-order valence-corrected chi connectivity index (χ4v) is 5.78. The molecule has 226 valence electrons. The predicted octanol–water partition coefficient (Wildman–Crippen LogP) is 5.24. The lowest BCUT2D eigenvalue weighted by Crippen LogP contribution is -2.60. The molecule has 2 aromatic carbocycles. The van der Waals surface area contributed by atoms with E-state index in [0.29, 0.717) is 12.1 Å². The van der Waals surface area contributed by atoms with E-state index in [9.17, 15) is 19.2 Å². The van der Waals surface area contributed by atoms with Crippen LogP contribution >= 0.6 is 0 Å². The summed E-state index contributed by atoms with van der Waals surface area (Å²) in [4.78, 5) is 57.7.